The molecule has 258 valence electrons. The van der Waals surface area contributed by atoms with Crippen molar-refractivity contribution in [3.8, 4) is 11.9 Å². The van der Waals surface area contributed by atoms with E-state index in [2.05, 4.69) is 25.0 Å². The van der Waals surface area contributed by atoms with Gasteiger partial charge in [-0.3, -0.25) is 14.8 Å². The third-order valence-corrected chi connectivity index (χ3v) is 9.95. The van der Waals surface area contributed by atoms with E-state index < -0.39 is 5.82 Å². The van der Waals surface area contributed by atoms with Gasteiger partial charge in [-0.1, -0.05) is 12.1 Å². The smallest absolute Gasteiger partial charge is 0.255 e. The van der Waals surface area contributed by atoms with E-state index in [1.807, 2.05) is 55.5 Å². The van der Waals surface area contributed by atoms with E-state index >= 15 is 0 Å². The molecule has 2 saturated heterocycles. The van der Waals surface area contributed by atoms with Crippen LogP contribution in [0.2, 0.25) is 0 Å². The predicted octanol–water partition coefficient (Wildman–Crippen LogP) is 6.63. The van der Waals surface area contributed by atoms with Crippen molar-refractivity contribution < 1.29 is 18.7 Å². The molecule has 0 spiro atoms. The lowest BCUT2D eigenvalue weighted by Crippen LogP contribution is -2.35. The van der Waals surface area contributed by atoms with Gasteiger partial charge in [-0.25, -0.2) is 14.4 Å². The van der Waals surface area contributed by atoms with Crippen LogP contribution < -0.4 is 10.1 Å². The summed E-state index contributed by atoms with van der Waals surface area (Å²) in [6.45, 7) is 5.97. The normalized spacial score (nSPS) is 16.6. The number of halogens is 1. The van der Waals surface area contributed by atoms with Crippen LogP contribution in [-0.2, 0) is 24.4 Å². The molecule has 11 nitrogen and oxygen atoms in total. The summed E-state index contributed by atoms with van der Waals surface area (Å²) in [6, 6.07) is 21.6. The number of aryl methyl sites for hydroxylation is 1. The number of amides is 1. The maximum absolute atomic E-state index is 14.3. The van der Waals surface area contributed by atoms with Crippen molar-refractivity contribution in [2.24, 2.45) is 0 Å². The highest BCUT2D eigenvalue weighted by Gasteiger charge is 2.26. The van der Waals surface area contributed by atoms with E-state index in [1.54, 1.807) is 24.4 Å². The number of rotatable bonds is 10. The number of anilines is 1. The first kappa shape index (κ1) is 32.6. The molecule has 2 fully saturated rings. The number of nitrogens with zero attached hydrogens (tertiary/aromatic N) is 6. The number of hydrogen-bond donors (Lipinski definition) is 2. The molecule has 51 heavy (non-hydrogen) atoms. The minimum atomic E-state index is -0.466. The number of H-pyrrole nitrogens is 1. The zero-order valence-electron chi connectivity index (χ0n) is 28.2. The summed E-state index contributed by atoms with van der Waals surface area (Å²) < 4.78 is 28.3. The van der Waals surface area contributed by atoms with Gasteiger partial charge in [0.05, 0.1) is 53.6 Å². The molecule has 3 aromatic heterocycles. The molecule has 8 rings (SSSR count). The first-order valence-electron chi connectivity index (χ1n) is 17.3. The number of aromatic nitrogens is 5. The Balaban J connectivity index is 0.936. The number of carbonyl (C=O) groups is 1. The maximum Gasteiger partial charge on any atom is 0.255 e. The van der Waals surface area contributed by atoms with Gasteiger partial charge in [0, 0.05) is 46.5 Å². The molecule has 1 atom stereocenters. The molecule has 0 aliphatic carbocycles. The van der Waals surface area contributed by atoms with Gasteiger partial charge in [-0.2, -0.15) is 10.4 Å². The first-order chi connectivity index (χ1) is 24.9. The number of piperidine rings is 1. The minimum Gasteiger partial charge on any atom is -0.473 e. The number of likely N-dealkylation sites (tertiary alicyclic amines) is 1. The van der Waals surface area contributed by atoms with Crippen LogP contribution in [-0.4, -0.2) is 61.3 Å². The van der Waals surface area contributed by atoms with Crippen molar-refractivity contribution in [3.05, 3.63) is 113 Å². The molecule has 2 aliphatic heterocycles. The Hall–Kier alpha value is -5.64. The molecule has 2 N–H and O–H groups in total. The summed E-state index contributed by atoms with van der Waals surface area (Å²) in [6.07, 6.45) is 4.79. The van der Waals surface area contributed by atoms with Gasteiger partial charge in [-0.05, 0) is 93.4 Å². The van der Waals surface area contributed by atoms with Crippen LogP contribution in [0.25, 0.3) is 21.9 Å². The highest BCUT2D eigenvalue weighted by atomic mass is 19.1. The minimum absolute atomic E-state index is 0.0352. The number of benzene rings is 3. The Bertz CT molecular complexity index is 2280. The van der Waals surface area contributed by atoms with Gasteiger partial charge in [0.2, 0.25) is 5.88 Å². The van der Waals surface area contributed by atoms with E-state index in [9.17, 15) is 9.18 Å². The first-order valence-corrected chi connectivity index (χ1v) is 17.3. The molecule has 2 aliphatic rings. The largest absolute Gasteiger partial charge is 0.473 e. The van der Waals surface area contributed by atoms with Crippen LogP contribution in [0.3, 0.4) is 0 Å². The summed E-state index contributed by atoms with van der Waals surface area (Å²) in [7, 11) is 0. The summed E-state index contributed by atoms with van der Waals surface area (Å²) in [5.74, 6) is 1.03. The van der Waals surface area contributed by atoms with Gasteiger partial charge in [0.25, 0.3) is 5.91 Å². The van der Waals surface area contributed by atoms with E-state index in [-0.39, 0.29) is 30.1 Å². The van der Waals surface area contributed by atoms with Gasteiger partial charge in [0.15, 0.2) is 0 Å². The maximum atomic E-state index is 14.3. The van der Waals surface area contributed by atoms with Gasteiger partial charge in [0.1, 0.15) is 18.2 Å². The average molecular weight is 685 g/mol. The van der Waals surface area contributed by atoms with E-state index in [4.69, 9.17) is 24.7 Å². The Morgan fingerprint density at radius 1 is 1.10 bits per heavy atom. The standard InChI is InChI=1S/C39H37FN8O3/c1-24-15-30(17-29-20-42-46-38(24)29)43-39(49)27-7-8-35-34(18-27)44-36(48(35)21-31-11-14-50-31)22-47-12-9-26(10-13-47)33-3-2-4-37(45-33)51-23-28-6-5-25(19-41)16-32(28)40/h2-8,15-18,20,26,31H,9-14,21-23H2,1H3,(H,42,46)(H,43,49)/t31-/m0/s1. The van der Waals surface area contributed by atoms with E-state index in [0.717, 1.165) is 90.2 Å². The van der Waals surface area contributed by atoms with Crippen LogP contribution in [0.15, 0.2) is 72.9 Å². The SMILES string of the molecule is Cc1cc(NC(=O)c2ccc3c(c2)nc(CN2CCC(c4cccc(OCc5ccc(C#N)cc5F)n4)CC2)n3C[C@@H]2CCO2)cc2cn[nH]c12. The Kier molecular flexibility index (Phi) is 8.90. The monoisotopic (exact) mass is 684 g/mol. The van der Waals surface area contributed by atoms with Crippen molar-refractivity contribution in [1.29, 1.82) is 5.26 Å². The Morgan fingerprint density at radius 3 is 2.75 bits per heavy atom. The number of aromatic amines is 1. The molecule has 1 amide bonds. The number of carbonyl (C=O) groups excluding carboxylic acids is 1. The predicted molar refractivity (Wildman–Crippen MR) is 190 cm³/mol. The number of ether oxygens (including phenoxy) is 2. The van der Waals surface area contributed by atoms with E-state index in [0.29, 0.717) is 23.6 Å². The van der Waals surface area contributed by atoms with Crippen molar-refractivity contribution in [2.75, 3.05) is 25.0 Å². The molecule has 6 aromatic rings. The fourth-order valence-corrected chi connectivity index (χ4v) is 7.00. The fraction of sp³-hybridized carbons (Fsp3) is 0.308. The van der Waals surface area contributed by atoms with Crippen LogP contribution in [0.5, 0.6) is 5.88 Å². The number of fused-ring (bicyclic) bond motifs is 2. The van der Waals surface area contributed by atoms with Crippen LogP contribution in [0.1, 0.15) is 63.7 Å². The van der Waals surface area contributed by atoms with Crippen molar-refractivity contribution in [2.45, 2.75) is 57.9 Å². The Labute approximate surface area is 294 Å². The second-order valence-corrected chi connectivity index (χ2v) is 13.4. The highest BCUT2D eigenvalue weighted by molar-refractivity contribution is 6.06. The number of hydrogen-bond acceptors (Lipinski definition) is 8. The second kappa shape index (κ2) is 13.9. The molecule has 0 unspecified atom stereocenters. The molecule has 3 aromatic carbocycles. The third kappa shape index (κ3) is 6.91. The molecular weight excluding hydrogens is 647 g/mol. The third-order valence-electron chi connectivity index (χ3n) is 9.95. The molecule has 5 heterocycles. The quantitative estimate of drug-likeness (QED) is 0.164. The number of imidazole rings is 1. The molecular formula is C39H37FN8O3. The lowest BCUT2D eigenvalue weighted by Gasteiger charge is -2.32. The zero-order valence-corrected chi connectivity index (χ0v) is 28.2. The second-order valence-electron chi connectivity index (χ2n) is 13.4. The van der Waals surface area contributed by atoms with Crippen molar-refractivity contribution >= 4 is 33.5 Å². The van der Waals surface area contributed by atoms with Gasteiger partial charge in [-0.15, -0.1) is 0 Å². The number of nitriles is 1. The van der Waals surface area contributed by atoms with Gasteiger partial charge >= 0.3 is 0 Å². The van der Waals surface area contributed by atoms with Crippen LogP contribution in [0, 0.1) is 24.1 Å². The van der Waals surface area contributed by atoms with E-state index in [1.165, 1.54) is 6.07 Å². The summed E-state index contributed by atoms with van der Waals surface area (Å²) in [5, 5.41) is 20.1. The average Bonchev–Trinajstić information content (AvgIpc) is 3.74. The van der Waals surface area contributed by atoms with Crippen molar-refractivity contribution in [1.82, 2.24) is 29.6 Å². The molecule has 12 heteroatoms. The summed E-state index contributed by atoms with van der Waals surface area (Å²) in [5.41, 5.74) is 6.63. The van der Waals surface area contributed by atoms with Crippen LogP contribution in [0.4, 0.5) is 10.1 Å². The fourth-order valence-electron chi connectivity index (χ4n) is 7.00. The number of nitrogens with one attached hydrogen (secondary N) is 2. The Morgan fingerprint density at radius 2 is 1.96 bits per heavy atom. The molecule has 0 saturated carbocycles. The summed E-state index contributed by atoms with van der Waals surface area (Å²) in [4.78, 5) is 25.6. The molecule has 0 radical (unpaired) electrons. The highest BCUT2D eigenvalue weighted by Crippen LogP contribution is 2.30. The van der Waals surface area contributed by atoms with Gasteiger partial charge < -0.3 is 19.4 Å². The number of pyridine rings is 1. The summed E-state index contributed by atoms with van der Waals surface area (Å²) >= 11 is 0. The topological polar surface area (TPSA) is 134 Å². The van der Waals surface area contributed by atoms with Crippen molar-refractivity contribution in [3.63, 3.8) is 0 Å². The molecule has 0 bridgehead atoms. The lowest BCUT2D eigenvalue weighted by molar-refractivity contribution is -0.0592. The lowest BCUT2D eigenvalue weighted by atomic mass is 9.93. The zero-order chi connectivity index (χ0) is 34.9. The van der Waals surface area contributed by atoms with Crippen LogP contribution >= 0.6 is 0 Å².